The quantitative estimate of drug-likeness (QED) is 0.654. The topological polar surface area (TPSA) is 61.4 Å². The van der Waals surface area contributed by atoms with E-state index in [1.54, 1.807) is 0 Å². The maximum Gasteiger partial charge on any atom is 0.220 e. The zero-order chi connectivity index (χ0) is 12.5. The predicted octanol–water partition coefficient (Wildman–Crippen LogP) is 1.22. The molecule has 0 saturated heterocycles. The van der Waals surface area contributed by atoms with E-state index in [0.717, 1.165) is 24.1 Å². The van der Waals surface area contributed by atoms with Crippen LogP contribution < -0.4 is 10.6 Å². The van der Waals surface area contributed by atoms with Crippen LogP contribution in [0, 0.1) is 0 Å². The van der Waals surface area contributed by atoms with E-state index >= 15 is 0 Å². The summed E-state index contributed by atoms with van der Waals surface area (Å²) in [5.74, 6) is 0.0645. The molecule has 5 heteroatoms. The second-order valence-corrected chi connectivity index (χ2v) is 3.96. The number of aliphatic hydroxyl groups excluding tert-OH is 1. The number of halogens is 1. The van der Waals surface area contributed by atoms with Gasteiger partial charge in [0.05, 0.1) is 6.61 Å². The van der Waals surface area contributed by atoms with Crippen molar-refractivity contribution in [1.29, 1.82) is 0 Å². The van der Waals surface area contributed by atoms with Gasteiger partial charge in [-0.15, -0.1) is 12.4 Å². The third-order valence-corrected chi connectivity index (χ3v) is 2.49. The Morgan fingerprint density at radius 3 is 2.72 bits per heavy atom. The van der Waals surface area contributed by atoms with Crippen LogP contribution >= 0.6 is 12.4 Å². The van der Waals surface area contributed by atoms with Crippen molar-refractivity contribution in [3.63, 3.8) is 0 Å². The maximum atomic E-state index is 11.5. The smallest absolute Gasteiger partial charge is 0.220 e. The summed E-state index contributed by atoms with van der Waals surface area (Å²) in [6.07, 6.45) is 1.39. The highest BCUT2D eigenvalue weighted by Crippen LogP contribution is 2.04. The van der Waals surface area contributed by atoms with Gasteiger partial charge in [-0.3, -0.25) is 4.79 Å². The first-order chi connectivity index (χ1) is 8.26. The Bertz CT molecular complexity index is 359. The molecule has 0 aliphatic rings. The van der Waals surface area contributed by atoms with Crippen LogP contribution in [0.1, 0.15) is 24.0 Å². The van der Waals surface area contributed by atoms with Crippen molar-refractivity contribution in [3.8, 4) is 0 Å². The van der Waals surface area contributed by atoms with Crippen molar-refractivity contribution in [3.05, 3.63) is 35.4 Å². The standard InChI is InChI=1S/C13H20N2O2.ClH/c1-14-7-3-6-13(17)15-9-11-4-2-5-12(8-11)10-16;/h2,4-5,8,14,16H,3,6-7,9-10H2,1H3,(H,15,17);1H. The maximum absolute atomic E-state index is 11.5. The summed E-state index contributed by atoms with van der Waals surface area (Å²) < 4.78 is 0. The van der Waals surface area contributed by atoms with Crippen LogP contribution in [0.2, 0.25) is 0 Å². The molecule has 3 N–H and O–H groups in total. The van der Waals surface area contributed by atoms with Crippen molar-refractivity contribution in [1.82, 2.24) is 10.6 Å². The summed E-state index contributed by atoms with van der Waals surface area (Å²) in [6.45, 7) is 1.41. The second-order valence-electron chi connectivity index (χ2n) is 3.96. The van der Waals surface area contributed by atoms with Crippen molar-refractivity contribution in [2.45, 2.75) is 26.0 Å². The lowest BCUT2D eigenvalue weighted by atomic mass is 10.1. The average Bonchev–Trinajstić information content (AvgIpc) is 2.37. The molecule has 1 amide bonds. The van der Waals surface area contributed by atoms with E-state index in [2.05, 4.69) is 10.6 Å². The summed E-state index contributed by atoms with van der Waals surface area (Å²) in [6, 6.07) is 7.58. The molecular formula is C13H21ClN2O2. The van der Waals surface area contributed by atoms with Gasteiger partial charge < -0.3 is 15.7 Å². The van der Waals surface area contributed by atoms with Crippen molar-refractivity contribution in [2.75, 3.05) is 13.6 Å². The number of carbonyl (C=O) groups is 1. The first-order valence-corrected chi connectivity index (χ1v) is 5.86. The summed E-state index contributed by atoms with van der Waals surface area (Å²) in [7, 11) is 1.87. The lowest BCUT2D eigenvalue weighted by molar-refractivity contribution is -0.121. The Kier molecular flexibility index (Phi) is 9.28. The number of carbonyl (C=O) groups excluding carboxylic acids is 1. The van der Waals surface area contributed by atoms with Crippen molar-refractivity contribution in [2.24, 2.45) is 0 Å². The normalized spacial score (nSPS) is 9.67. The first kappa shape index (κ1) is 16.9. The second kappa shape index (κ2) is 9.88. The van der Waals surface area contributed by atoms with E-state index in [4.69, 9.17) is 5.11 Å². The molecule has 4 nitrogen and oxygen atoms in total. The molecule has 0 aliphatic carbocycles. The van der Waals surface area contributed by atoms with Gasteiger partial charge in [-0.1, -0.05) is 24.3 Å². The molecule has 0 saturated carbocycles. The highest BCUT2D eigenvalue weighted by Gasteiger charge is 2.01. The van der Waals surface area contributed by atoms with Gasteiger partial charge in [0.25, 0.3) is 0 Å². The summed E-state index contributed by atoms with van der Waals surface area (Å²) in [5.41, 5.74) is 1.88. The number of nitrogens with one attached hydrogen (secondary N) is 2. The molecule has 0 aliphatic heterocycles. The molecule has 0 bridgehead atoms. The van der Waals surface area contributed by atoms with Crippen LogP contribution in [0.3, 0.4) is 0 Å². The van der Waals surface area contributed by atoms with E-state index in [1.165, 1.54) is 0 Å². The van der Waals surface area contributed by atoms with Gasteiger partial charge in [0.1, 0.15) is 0 Å². The van der Waals surface area contributed by atoms with E-state index in [1.807, 2.05) is 31.3 Å². The lowest BCUT2D eigenvalue weighted by Gasteiger charge is -2.06. The summed E-state index contributed by atoms with van der Waals surface area (Å²) >= 11 is 0. The number of benzene rings is 1. The largest absolute Gasteiger partial charge is 0.392 e. The van der Waals surface area contributed by atoms with Crippen molar-refractivity contribution >= 4 is 18.3 Å². The number of rotatable bonds is 7. The Hall–Kier alpha value is -1.10. The molecule has 0 spiro atoms. The fourth-order valence-electron chi connectivity index (χ4n) is 1.55. The van der Waals surface area contributed by atoms with E-state index in [9.17, 15) is 4.79 Å². The molecular weight excluding hydrogens is 252 g/mol. The van der Waals surface area contributed by atoms with Crippen LogP contribution in [0.25, 0.3) is 0 Å². The fourth-order valence-corrected chi connectivity index (χ4v) is 1.55. The van der Waals surface area contributed by atoms with Gasteiger partial charge in [-0.05, 0) is 31.1 Å². The highest BCUT2D eigenvalue weighted by molar-refractivity contribution is 5.85. The van der Waals surface area contributed by atoms with E-state index < -0.39 is 0 Å². The predicted molar refractivity (Wildman–Crippen MR) is 74.6 cm³/mol. The van der Waals surface area contributed by atoms with Crippen molar-refractivity contribution < 1.29 is 9.90 Å². The van der Waals surface area contributed by atoms with Gasteiger partial charge >= 0.3 is 0 Å². The van der Waals surface area contributed by atoms with Crippen LogP contribution in [-0.2, 0) is 17.9 Å². The molecule has 18 heavy (non-hydrogen) atoms. The van der Waals surface area contributed by atoms with Crippen LogP contribution in [0.4, 0.5) is 0 Å². The van der Waals surface area contributed by atoms with Crippen LogP contribution in [0.5, 0.6) is 0 Å². The summed E-state index contributed by atoms with van der Waals surface area (Å²) in [5, 5.41) is 14.9. The Balaban J connectivity index is 0.00000289. The molecule has 0 radical (unpaired) electrons. The Morgan fingerprint density at radius 1 is 1.33 bits per heavy atom. The minimum atomic E-state index is 0. The molecule has 1 aromatic carbocycles. The molecule has 0 fully saturated rings. The molecule has 0 heterocycles. The fraction of sp³-hybridized carbons (Fsp3) is 0.462. The van der Waals surface area contributed by atoms with E-state index in [-0.39, 0.29) is 24.9 Å². The van der Waals surface area contributed by atoms with Crippen LogP contribution in [0.15, 0.2) is 24.3 Å². The molecule has 1 rings (SSSR count). The Labute approximate surface area is 114 Å². The third-order valence-electron chi connectivity index (χ3n) is 2.49. The zero-order valence-corrected chi connectivity index (χ0v) is 11.4. The van der Waals surface area contributed by atoms with E-state index in [0.29, 0.717) is 13.0 Å². The van der Waals surface area contributed by atoms with Gasteiger partial charge in [-0.25, -0.2) is 0 Å². The number of hydrogen-bond donors (Lipinski definition) is 3. The third kappa shape index (κ3) is 6.59. The van der Waals surface area contributed by atoms with Gasteiger partial charge in [0.15, 0.2) is 0 Å². The molecule has 1 aromatic rings. The minimum absolute atomic E-state index is 0. The molecule has 102 valence electrons. The number of amides is 1. The van der Waals surface area contributed by atoms with Gasteiger partial charge in [0.2, 0.25) is 5.91 Å². The monoisotopic (exact) mass is 272 g/mol. The average molecular weight is 273 g/mol. The minimum Gasteiger partial charge on any atom is -0.392 e. The zero-order valence-electron chi connectivity index (χ0n) is 10.6. The van der Waals surface area contributed by atoms with Gasteiger partial charge in [0, 0.05) is 13.0 Å². The molecule has 0 unspecified atom stereocenters. The number of aliphatic hydroxyl groups is 1. The SMILES string of the molecule is CNCCCC(=O)NCc1cccc(CO)c1.Cl. The van der Waals surface area contributed by atoms with Gasteiger partial charge in [-0.2, -0.15) is 0 Å². The summed E-state index contributed by atoms with van der Waals surface area (Å²) in [4.78, 5) is 11.5. The molecule has 0 atom stereocenters. The lowest BCUT2D eigenvalue weighted by Crippen LogP contribution is -2.23. The molecule has 0 aromatic heterocycles. The van der Waals surface area contributed by atoms with Crippen LogP contribution in [-0.4, -0.2) is 24.6 Å². The first-order valence-electron chi connectivity index (χ1n) is 5.86. The number of hydrogen-bond acceptors (Lipinski definition) is 3. The highest BCUT2D eigenvalue weighted by atomic mass is 35.5. The Morgan fingerprint density at radius 2 is 2.06 bits per heavy atom.